The van der Waals surface area contributed by atoms with Crippen molar-refractivity contribution in [3.63, 3.8) is 0 Å². The van der Waals surface area contributed by atoms with E-state index in [1.165, 1.54) is 4.68 Å². The topological polar surface area (TPSA) is 98.5 Å². The molecule has 38 heavy (non-hydrogen) atoms. The Bertz CT molecular complexity index is 1420. The maximum atomic E-state index is 12.7. The van der Waals surface area contributed by atoms with Crippen LogP contribution in [0.3, 0.4) is 0 Å². The molecule has 10 heteroatoms. The molecule has 0 radical (unpaired) electrons. The number of pyridine rings is 1. The van der Waals surface area contributed by atoms with Crippen LogP contribution in [-0.2, 0) is 11.2 Å². The molecule has 198 valence electrons. The molecule has 0 fully saturated rings. The normalized spacial score (nSPS) is 12.4. The molecule has 0 aliphatic rings. The molecule has 0 bridgehead atoms. The van der Waals surface area contributed by atoms with Crippen LogP contribution in [0.1, 0.15) is 32.0 Å². The van der Waals surface area contributed by atoms with E-state index >= 15 is 0 Å². The third kappa shape index (κ3) is 6.92. The molecule has 0 saturated heterocycles. The molecule has 2 aromatic carbocycles. The Labute approximate surface area is 228 Å². The molecule has 0 aliphatic carbocycles. The average molecular weight is 535 g/mol. The van der Waals surface area contributed by atoms with Crippen LogP contribution >= 0.6 is 11.6 Å². The fourth-order valence-corrected chi connectivity index (χ4v) is 4.41. The highest BCUT2D eigenvalue weighted by atomic mass is 35.5. The van der Waals surface area contributed by atoms with E-state index < -0.39 is 18.7 Å². The molecule has 0 amide bonds. The van der Waals surface area contributed by atoms with Crippen molar-refractivity contribution in [1.82, 2.24) is 20.0 Å². The second kappa shape index (κ2) is 11.6. The number of aryl methyl sites for hydroxylation is 1. The molecular weight excluding hydrogens is 503 g/mol. The van der Waals surface area contributed by atoms with E-state index in [-0.39, 0.29) is 6.04 Å². The fourth-order valence-electron chi connectivity index (χ4n) is 4.19. The second-order valence-electron chi connectivity index (χ2n) is 10.3. The first-order valence-electron chi connectivity index (χ1n) is 12.5. The minimum atomic E-state index is -0.678. The van der Waals surface area contributed by atoms with E-state index in [4.69, 9.17) is 21.1 Å². The van der Waals surface area contributed by atoms with Crippen LogP contribution in [0, 0.1) is 6.92 Å². The van der Waals surface area contributed by atoms with Crippen LogP contribution in [0.4, 0.5) is 4.79 Å². The Morgan fingerprint density at radius 3 is 2.61 bits per heavy atom. The van der Waals surface area contributed by atoms with Crippen LogP contribution in [0.25, 0.3) is 22.0 Å². The minimum absolute atomic E-state index is 0.116. The van der Waals surface area contributed by atoms with Gasteiger partial charge in [0.25, 0.3) is 0 Å². The molecule has 2 aromatic heterocycles. The number of halogens is 1. The number of nitrogens with zero attached hydrogens (tertiary/aromatic N) is 3. The monoisotopic (exact) mass is 534 g/mol. The van der Waals surface area contributed by atoms with Crippen molar-refractivity contribution in [2.75, 3.05) is 6.61 Å². The summed E-state index contributed by atoms with van der Waals surface area (Å²) in [4.78, 5) is 17.0. The van der Waals surface area contributed by atoms with Gasteiger partial charge in [-0.3, -0.25) is 0 Å². The molecule has 2 N–H and O–H groups in total. The first-order chi connectivity index (χ1) is 18.0. The van der Waals surface area contributed by atoms with E-state index in [1.807, 2.05) is 82.3 Å². The molecule has 4 aromatic rings. The van der Waals surface area contributed by atoms with Gasteiger partial charge in [0.15, 0.2) is 0 Å². The predicted octanol–water partition coefficient (Wildman–Crippen LogP) is 5.53. The molecule has 2 heterocycles. The molecule has 0 spiro atoms. The predicted molar refractivity (Wildman–Crippen MR) is 151 cm³/mol. The maximum Gasteiger partial charge on any atom is 0.435 e. The molecule has 0 aliphatic heterocycles. The number of nitrogens with one attached hydrogen (secondary N) is 1. The van der Waals surface area contributed by atoms with Gasteiger partial charge in [0.1, 0.15) is 23.1 Å². The van der Waals surface area contributed by atoms with Crippen LogP contribution in [0.2, 0.25) is 12.0 Å². The lowest BCUT2D eigenvalue weighted by atomic mass is 9.86. The number of ether oxygens (including phenoxy) is 2. The number of hydrogen-bond donors (Lipinski definition) is 2. The maximum absolute atomic E-state index is 12.7. The van der Waals surface area contributed by atoms with Crippen LogP contribution < -0.4 is 9.96 Å². The van der Waals surface area contributed by atoms with E-state index in [0.717, 1.165) is 16.5 Å². The second-order valence-corrected chi connectivity index (χ2v) is 10.6. The lowest BCUT2D eigenvalue weighted by Gasteiger charge is -2.20. The highest BCUT2D eigenvalue weighted by molar-refractivity contribution is 6.45. The highest BCUT2D eigenvalue weighted by Gasteiger charge is 2.22. The number of carbonyl (C=O) groups is 1. The van der Waals surface area contributed by atoms with E-state index in [1.54, 1.807) is 13.0 Å². The largest absolute Gasteiger partial charge is 0.490 e. The third-order valence-electron chi connectivity index (χ3n) is 5.81. The summed E-state index contributed by atoms with van der Waals surface area (Å²) in [5.41, 5.74) is 3.35. The van der Waals surface area contributed by atoms with Crippen molar-refractivity contribution in [1.29, 1.82) is 0 Å². The Morgan fingerprint density at radius 2 is 1.92 bits per heavy atom. The van der Waals surface area contributed by atoms with E-state index in [2.05, 4.69) is 15.3 Å². The van der Waals surface area contributed by atoms with Gasteiger partial charge in [-0.1, -0.05) is 48.0 Å². The third-order valence-corrected chi connectivity index (χ3v) is 6.11. The van der Waals surface area contributed by atoms with Gasteiger partial charge in [-0.05, 0) is 70.3 Å². The van der Waals surface area contributed by atoms with Crippen molar-refractivity contribution in [2.45, 2.75) is 52.6 Å². The van der Waals surface area contributed by atoms with Gasteiger partial charge in [-0.25, -0.2) is 9.78 Å². The quantitative estimate of drug-likeness (QED) is 0.226. The molecule has 0 saturated carbocycles. The van der Waals surface area contributed by atoms with Crippen molar-refractivity contribution in [2.24, 2.45) is 0 Å². The zero-order valence-corrected chi connectivity index (χ0v) is 23.0. The minimum Gasteiger partial charge on any atom is -0.490 e. The van der Waals surface area contributed by atoms with Crippen LogP contribution in [0.15, 0.2) is 60.8 Å². The smallest absolute Gasteiger partial charge is 0.435 e. The SMILES string of the molecule is CB(O)N[C@H](COc1cnc(Cl)c(-c2ccc3c(c2)c(C)nn3C(=O)OC(C)(C)C)c1)Cc1ccccc1. The van der Waals surface area contributed by atoms with Crippen molar-refractivity contribution >= 4 is 35.6 Å². The van der Waals surface area contributed by atoms with Gasteiger partial charge in [-0.2, -0.15) is 9.78 Å². The summed E-state index contributed by atoms with van der Waals surface area (Å²) in [7, 11) is -0.678. The summed E-state index contributed by atoms with van der Waals surface area (Å²) in [6.45, 7) is 9.29. The fraction of sp³-hybridized carbons (Fsp3) is 0.321. The standard InChI is InChI=1S/C28H32BClN4O4/c1-18-23-14-20(11-12-25(23)34(33-18)27(35)38-28(2,3)4)24-15-22(16-31-26(24)30)37-17-21(32-29(5)36)13-19-9-7-6-8-10-19/h6-12,14-16,21,32,36H,13,17H2,1-5H3/t21-/m0/s1. The summed E-state index contributed by atoms with van der Waals surface area (Å²) in [6.07, 6.45) is 1.74. The number of carbonyl (C=O) groups excluding carboxylic acids is 1. The Balaban J connectivity index is 1.56. The molecule has 4 rings (SSSR count). The zero-order valence-electron chi connectivity index (χ0n) is 22.2. The number of hydrogen-bond acceptors (Lipinski definition) is 7. The first-order valence-corrected chi connectivity index (χ1v) is 12.9. The number of benzene rings is 2. The van der Waals surface area contributed by atoms with Gasteiger partial charge in [0, 0.05) is 17.0 Å². The average Bonchev–Trinajstić information content (AvgIpc) is 3.18. The lowest BCUT2D eigenvalue weighted by molar-refractivity contribution is 0.0522. The van der Waals surface area contributed by atoms with Crippen LogP contribution in [0.5, 0.6) is 5.75 Å². The summed E-state index contributed by atoms with van der Waals surface area (Å²) >= 11 is 6.48. The first kappa shape index (κ1) is 27.6. The summed E-state index contributed by atoms with van der Waals surface area (Å²) < 4.78 is 12.9. The van der Waals surface area contributed by atoms with Gasteiger partial charge >= 0.3 is 13.1 Å². The Kier molecular flexibility index (Phi) is 8.40. The van der Waals surface area contributed by atoms with Crippen molar-refractivity contribution < 1.29 is 19.3 Å². The van der Waals surface area contributed by atoms with Crippen LogP contribution in [-0.4, -0.2) is 51.2 Å². The summed E-state index contributed by atoms with van der Waals surface area (Å²) in [6, 6.07) is 17.4. The van der Waals surface area contributed by atoms with Gasteiger partial charge in [0.05, 0.1) is 17.4 Å². The van der Waals surface area contributed by atoms with Crippen molar-refractivity contribution in [3.05, 3.63) is 77.2 Å². The number of fused-ring (bicyclic) bond motifs is 1. The zero-order chi connectivity index (χ0) is 27.4. The van der Waals surface area contributed by atoms with E-state index in [0.29, 0.717) is 40.7 Å². The highest BCUT2D eigenvalue weighted by Crippen LogP contribution is 2.33. The summed E-state index contributed by atoms with van der Waals surface area (Å²) in [5.74, 6) is 0.552. The Hall–Kier alpha value is -3.40. The van der Waals surface area contributed by atoms with Gasteiger partial charge in [-0.15, -0.1) is 0 Å². The molecule has 1 atom stereocenters. The molecular formula is C28H32BClN4O4. The van der Waals surface area contributed by atoms with E-state index in [9.17, 15) is 9.82 Å². The van der Waals surface area contributed by atoms with Gasteiger partial charge < -0.3 is 19.7 Å². The lowest BCUT2D eigenvalue weighted by Crippen LogP contribution is -2.44. The number of aromatic nitrogens is 3. The van der Waals surface area contributed by atoms with Crippen molar-refractivity contribution in [3.8, 4) is 16.9 Å². The summed E-state index contributed by atoms with van der Waals surface area (Å²) in [5, 5.41) is 18.6. The number of rotatable bonds is 8. The Morgan fingerprint density at radius 1 is 1.18 bits per heavy atom. The molecule has 8 nitrogen and oxygen atoms in total. The van der Waals surface area contributed by atoms with Gasteiger partial charge in [0.2, 0.25) is 0 Å². The molecule has 0 unspecified atom stereocenters.